The van der Waals surface area contributed by atoms with Gasteiger partial charge in [0, 0.05) is 6.42 Å². The number of ether oxygens (including phenoxy) is 1. The number of anilines is 1. The van der Waals surface area contributed by atoms with Gasteiger partial charge in [-0.1, -0.05) is 6.07 Å². The van der Waals surface area contributed by atoms with Crippen LogP contribution in [0.1, 0.15) is 24.8 Å². The first kappa shape index (κ1) is 16.9. The molecule has 0 spiro atoms. The molecule has 0 radical (unpaired) electrons. The third kappa shape index (κ3) is 3.63. The van der Waals surface area contributed by atoms with Crippen LogP contribution in [0.15, 0.2) is 22.6 Å². The van der Waals surface area contributed by atoms with Gasteiger partial charge in [-0.15, -0.1) is 16.8 Å². The Labute approximate surface area is 135 Å². The number of halogens is 1. The topological polar surface area (TPSA) is 110 Å². The summed E-state index contributed by atoms with van der Waals surface area (Å²) < 4.78 is 34.7. The second kappa shape index (κ2) is 6.72. The van der Waals surface area contributed by atoms with Crippen molar-refractivity contribution in [3.8, 4) is 5.75 Å². The maximum absolute atomic E-state index is 11.5. The van der Waals surface area contributed by atoms with Crippen molar-refractivity contribution in [2.24, 2.45) is 10.1 Å². The molecule has 0 bridgehead atoms. The van der Waals surface area contributed by atoms with E-state index in [0.717, 1.165) is 13.0 Å². The number of quaternary nitrogens is 1. The summed E-state index contributed by atoms with van der Waals surface area (Å²) in [5.41, 5.74) is 6.70. The lowest BCUT2D eigenvalue weighted by Crippen LogP contribution is -2.92. The highest BCUT2D eigenvalue weighted by molar-refractivity contribution is 7.91. The van der Waals surface area contributed by atoms with Crippen molar-refractivity contribution in [1.82, 2.24) is 0 Å². The minimum Gasteiger partial charge on any atom is -0.487 e. The smallest absolute Gasteiger partial charge is 0.344 e. The normalized spacial score (nSPS) is 22.5. The highest BCUT2D eigenvalue weighted by atomic mass is 35.5. The zero-order chi connectivity index (χ0) is 14.9. The lowest BCUT2D eigenvalue weighted by Gasteiger charge is -2.22. The van der Waals surface area contributed by atoms with Crippen molar-refractivity contribution in [3.05, 3.63) is 23.8 Å². The van der Waals surface area contributed by atoms with Gasteiger partial charge in [0.25, 0.3) is 0 Å². The average molecular weight is 348 g/mol. The standard InChI is InChI=1S/C13H18N4O3S.ClH/c14-13-12-10(16-21(18,19)17-13)5-3-6-11(12)20-8-9-4-1-2-7-15-9;/h3,5-6,9,15-16H,1-2,4,7-8H2,(H2,14,17);1H/p+1/t9-;/m1./s1. The maximum atomic E-state index is 11.5. The molecular weight excluding hydrogens is 328 g/mol. The molecule has 7 nitrogen and oxygen atoms in total. The number of nitrogens with zero attached hydrogens (tertiary/aromatic N) is 1. The summed E-state index contributed by atoms with van der Waals surface area (Å²) in [5.74, 6) is 0.530. The number of hydrogen-bond acceptors (Lipinski definition) is 4. The molecule has 1 fully saturated rings. The first-order valence-electron chi connectivity index (χ1n) is 7.03. The van der Waals surface area contributed by atoms with Crippen molar-refractivity contribution in [2.45, 2.75) is 25.3 Å². The third-order valence-electron chi connectivity index (χ3n) is 3.72. The Hall–Kier alpha value is -1.51. The first-order valence-corrected chi connectivity index (χ1v) is 8.47. The third-order valence-corrected chi connectivity index (χ3v) is 4.64. The number of piperidine rings is 1. The Morgan fingerprint density at radius 1 is 1.41 bits per heavy atom. The van der Waals surface area contributed by atoms with E-state index < -0.39 is 10.2 Å². The summed E-state index contributed by atoms with van der Waals surface area (Å²) in [6.07, 6.45) is 3.60. The average Bonchev–Trinajstić information content (AvgIpc) is 2.44. The number of nitrogens with one attached hydrogen (secondary N) is 1. The number of hydrogen-bond donors (Lipinski definition) is 3. The molecule has 0 unspecified atom stereocenters. The first-order chi connectivity index (χ1) is 10.1. The quantitative estimate of drug-likeness (QED) is 0.713. The highest BCUT2D eigenvalue weighted by Crippen LogP contribution is 2.30. The SMILES string of the molecule is Cl.NC1=NS(=O)(=O)Nc2cccc(OC[C@H]3CCCC[NH2+]3)c21. The second-order valence-electron chi connectivity index (χ2n) is 5.32. The van der Waals surface area contributed by atoms with Gasteiger partial charge in [-0.05, 0) is 25.0 Å². The Kier molecular flexibility index (Phi) is 5.15. The summed E-state index contributed by atoms with van der Waals surface area (Å²) in [6.45, 7) is 1.71. The van der Waals surface area contributed by atoms with E-state index in [9.17, 15) is 8.42 Å². The lowest BCUT2D eigenvalue weighted by molar-refractivity contribution is -0.698. The lowest BCUT2D eigenvalue weighted by atomic mass is 10.1. The molecule has 122 valence electrons. The monoisotopic (exact) mass is 347 g/mol. The number of benzene rings is 1. The van der Waals surface area contributed by atoms with Crippen molar-refractivity contribution >= 4 is 34.1 Å². The highest BCUT2D eigenvalue weighted by Gasteiger charge is 2.25. The van der Waals surface area contributed by atoms with Gasteiger partial charge in [-0.3, -0.25) is 4.72 Å². The van der Waals surface area contributed by atoms with Gasteiger partial charge in [0.1, 0.15) is 18.4 Å². The molecule has 1 aromatic rings. The van der Waals surface area contributed by atoms with E-state index in [4.69, 9.17) is 10.5 Å². The Bertz CT molecular complexity index is 672. The van der Waals surface area contributed by atoms with Gasteiger partial charge < -0.3 is 15.8 Å². The molecule has 22 heavy (non-hydrogen) atoms. The van der Waals surface area contributed by atoms with Gasteiger partial charge in [0.15, 0.2) is 5.84 Å². The maximum Gasteiger partial charge on any atom is 0.344 e. The summed E-state index contributed by atoms with van der Waals surface area (Å²) in [6, 6.07) is 5.60. The van der Waals surface area contributed by atoms with Crippen LogP contribution in [0.2, 0.25) is 0 Å². The molecule has 0 aromatic heterocycles. The van der Waals surface area contributed by atoms with E-state index in [1.165, 1.54) is 12.8 Å². The molecule has 5 N–H and O–H groups in total. The molecule has 2 aliphatic heterocycles. The summed E-state index contributed by atoms with van der Waals surface area (Å²) in [5, 5.41) is 2.29. The van der Waals surface area contributed by atoms with Gasteiger partial charge in [-0.25, -0.2) is 0 Å². The van der Waals surface area contributed by atoms with Crippen molar-refractivity contribution < 1.29 is 18.5 Å². The van der Waals surface area contributed by atoms with E-state index in [1.54, 1.807) is 18.2 Å². The van der Waals surface area contributed by atoms with Crippen LogP contribution >= 0.6 is 12.4 Å². The molecule has 0 saturated carbocycles. The van der Waals surface area contributed by atoms with E-state index in [-0.39, 0.29) is 18.2 Å². The fourth-order valence-electron chi connectivity index (χ4n) is 2.71. The summed E-state index contributed by atoms with van der Waals surface area (Å²) >= 11 is 0. The molecular formula is C13H20ClN4O3S+. The van der Waals surface area contributed by atoms with Crippen molar-refractivity contribution in [1.29, 1.82) is 0 Å². The Morgan fingerprint density at radius 3 is 2.95 bits per heavy atom. The molecule has 3 rings (SSSR count). The zero-order valence-corrected chi connectivity index (χ0v) is 13.6. The Balaban J connectivity index is 0.00000176. The van der Waals surface area contributed by atoms with Crippen LogP contribution < -0.4 is 20.5 Å². The predicted octanol–water partition coefficient (Wildman–Crippen LogP) is -0.0213. The number of nitrogens with two attached hydrogens (primary N) is 2. The van der Waals surface area contributed by atoms with Crippen LogP contribution in [0.5, 0.6) is 5.75 Å². The molecule has 9 heteroatoms. The van der Waals surface area contributed by atoms with Crippen molar-refractivity contribution in [3.63, 3.8) is 0 Å². The van der Waals surface area contributed by atoms with Crippen LogP contribution in [-0.4, -0.2) is 33.4 Å². The summed E-state index contributed by atoms with van der Waals surface area (Å²) in [7, 11) is -3.75. The zero-order valence-electron chi connectivity index (χ0n) is 12.0. The molecule has 0 amide bonds. The molecule has 2 heterocycles. The fraction of sp³-hybridized carbons (Fsp3) is 0.462. The van der Waals surface area contributed by atoms with Gasteiger partial charge in [0.05, 0.1) is 17.8 Å². The van der Waals surface area contributed by atoms with E-state index in [1.807, 2.05) is 0 Å². The predicted molar refractivity (Wildman–Crippen MR) is 86.9 cm³/mol. The van der Waals surface area contributed by atoms with Crippen LogP contribution in [-0.2, 0) is 10.2 Å². The molecule has 1 atom stereocenters. The number of fused-ring (bicyclic) bond motifs is 1. The van der Waals surface area contributed by atoms with E-state index in [0.29, 0.717) is 29.6 Å². The second-order valence-corrected chi connectivity index (χ2v) is 6.66. The molecule has 1 saturated heterocycles. The Morgan fingerprint density at radius 2 is 2.23 bits per heavy atom. The van der Waals surface area contributed by atoms with Crippen LogP contribution in [0, 0.1) is 0 Å². The molecule has 0 aliphatic carbocycles. The van der Waals surface area contributed by atoms with Gasteiger partial charge in [0.2, 0.25) is 0 Å². The van der Waals surface area contributed by atoms with Crippen LogP contribution in [0.3, 0.4) is 0 Å². The fourth-order valence-corrected chi connectivity index (χ4v) is 3.55. The van der Waals surface area contributed by atoms with E-state index >= 15 is 0 Å². The van der Waals surface area contributed by atoms with Gasteiger partial charge >= 0.3 is 10.2 Å². The largest absolute Gasteiger partial charge is 0.487 e. The minimum absolute atomic E-state index is 0. The molecule has 2 aliphatic rings. The van der Waals surface area contributed by atoms with E-state index in [2.05, 4.69) is 14.4 Å². The number of rotatable bonds is 3. The van der Waals surface area contributed by atoms with Crippen LogP contribution in [0.4, 0.5) is 5.69 Å². The number of amidine groups is 1. The minimum atomic E-state index is -3.75. The summed E-state index contributed by atoms with van der Waals surface area (Å²) in [4.78, 5) is 0. The van der Waals surface area contributed by atoms with Crippen molar-refractivity contribution in [2.75, 3.05) is 17.9 Å². The van der Waals surface area contributed by atoms with Gasteiger partial charge in [-0.2, -0.15) is 8.42 Å². The molecule has 1 aromatic carbocycles. The van der Waals surface area contributed by atoms with Crippen LogP contribution in [0.25, 0.3) is 0 Å².